The summed E-state index contributed by atoms with van der Waals surface area (Å²) in [6.45, 7) is 2.15. The third kappa shape index (κ3) is 2.13. The molecular formula is C11H13N3O2. The molecule has 0 radical (unpaired) electrons. The lowest BCUT2D eigenvalue weighted by molar-refractivity contribution is 0.297. The average Bonchev–Trinajstić information content (AvgIpc) is 2.67. The molecule has 1 N–H and O–H groups in total. The minimum Gasteiger partial charge on any atom is -0.508 e. The third-order valence-corrected chi connectivity index (χ3v) is 2.28. The predicted molar refractivity (Wildman–Crippen MR) is 58.2 cm³/mol. The van der Waals surface area contributed by atoms with Crippen molar-refractivity contribution in [3.63, 3.8) is 0 Å². The fourth-order valence-electron chi connectivity index (χ4n) is 1.37. The Labute approximate surface area is 93.3 Å². The Morgan fingerprint density at radius 3 is 2.94 bits per heavy atom. The van der Waals surface area contributed by atoms with Gasteiger partial charge in [0.2, 0.25) is 0 Å². The number of hydrogen-bond acceptors (Lipinski definition) is 4. The standard InChI is InChI=1S/C11H13N3O2/c1-8-10(15)4-3-5-11(8)16-7-9-6-14(2)13-12-9/h3-6,15H,7H2,1-2H3. The molecule has 0 spiro atoms. The highest BCUT2D eigenvalue weighted by molar-refractivity contribution is 5.42. The summed E-state index contributed by atoms with van der Waals surface area (Å²) in [5.74, 6) is 0.891. The van der Waals surface area contributed by atoms with Gasteiger partial charge in [-0.15, -0.1) is 5.10 Å². The number of aromatic nitrogens is 3. The number of benzene rings is 1. The minimum atomic E-state index is 0.233. The van der Waals surface area contributed by atoms with E-state index in [2.05, 4.69) is 10.3 Å². The highest BCUT2D eigenvalue weighted by Crippen LogP contribution is 2.26. The van der Waals surface area contributed by atoms with Crippen molar-refractivity contribution in [1.29, 1.82) is 0 Å². The van der Waals surface area contributed by atoms with E-state index in [9.17, 15) is 5.11 Å². The zero-order valence-corrected chi connectivity index (χ0v) is 9.21. The first-order valence-electron chi connectivity index (χ1n) is 4.93. The van der Waals surface area contributed by atoms with Gasteiger partial charge in [-0.2, -0.15) is 0 Å². The number of rotatable bonds is 3. The smallest absolute Gasteiger partial charge is 0.134 e. The Morgan fingerprint density at radius 1 is 1.44 bits per heavy atom. The molecule has 5 heteroatoms. The molecule has 84 valence electrons. The van der Waals surface area contributed by atoms with Crippen LogP contribution in [0.5, 0.6) is 11.5 Å². The van der Waals surface area contributed by atoms with E-state index in [-0.39, 0.29) is 5.75 Å². The topological polar surface area (TPSA) is 60.2 Å². The predicted octanol–water partition coefficient (Wildman–Crippen LogP) is 1.41. The summed E-state index contributed by atoms with van der Waals surface area (Å²) in [5.41, 5.74) is 1.48. The van der Waals surface area contributed by atoms with Gasteiger partial charge < -0.3 is 9.84 Å². The number of ether oxygens (including phenoxy) is 1. The maximum absolute atomic E-state index is 9.49. The van der Waals surface area contributed by atoms with Crippen molar-refractivity contribution in [2.24, 2.45) is 7.05 Å². The molecule has 0 atom stereocenters. The molecule has 2 rings (SSSR count). The zero-order valence-electron chi connectivity index (χ0n) is 9.21. The van der Waals surface area contributed by atoms with Gasteiger partial charge in [0.25, 0.3) is 0 Å². The molecule has 16 heavy (non-hydrogen) atoms. The number of hydrogen-bond donors (Lipinski definition) is 1. The highest BCUT2D eigenvalue weighted by Gasteiger charge is 2.05. The summed E-state index contributed by atoms with van der Waals surface area (Å²) in [6, 6.07) is 5.18. The highest BCUT2D eigenvalue weighted by atomic mass is 16.5. The molecule has 0 bridgehead atoms. The van der Waals surface area contributed by atoms with Gasteiger partial charge in [0, 0.05) is 12.6 Å². The van der Waals surface area contributed by atoms with Crippen LogP contribution in [0, 0.1) is 6.92 Å². The molecule has 1 aromatic carbocycles. The second-order valence-corrected chi connectivity index (χ2v) is 3.57. The fraction of sp³-hybridized carbons (Fsp3) is 0.273. The monoisotopic (exact) mass is 219 g/mol. The zero-order chi connectivity index (χ0) is 11.5. The summed E-state index contributed by atoms with van der Waals surface area (Å²) in [4.78, 5) is 0. The summed E-state index contributed by atoms with van der Waals surface area (Å²) in [5, 5.41) is 17.2. The summed E-state index contributed by atoms with van der Waals surface area (Å²) < 4.78 is 7.16. The van der Waals surface area contributed by atoms with Crippen LogP contribution in [0.15, 0.2) is 24.4 Å². The molecular weight excluding hydrogens is 206 g/mol. The van der Waals surface area contributed by atoms with Crippen molar-refractivity contribution < 1.29 is 9.84 Å². The van der Waals surface area contributed by atoms with Crippen LogP contribution in [-0.4, -0.2) is 20.1 Å². The molecule has 0 fully saturated rings. The van der Waals surface area contributed by atoms with Gasteiger partial charge in [0.05, 0.1) is 6.20 Å². The normalized spacial score (nSPS) is 10.4. The summed E-state index contributed by atoms with van der Waals surface area (Å²) in [6.07, 6.45) is 1.79. The fourth-order valence-corrected chi connectivity index (χ4v) is 1.37. The van der Waals surface area contributed by atoms with Gasteiger partial charge in [-0.25, -0.2) is 0 Å². The van der Waals surface area contributed by atoms with E-state index in [0.29, 0.717) is 12.4 Å². The third-order valence-electron chi connectivity index (χ3n) is 2.28. The summed E-state index contributed by atoms with van der Waals surface area (Å²) >= 11 is 0. The Balaban J connectivity index is 2.07. The van der Waals surface area contributed by atoms with E-state index in [0.717, 1.165) is 11.3 Å². The Bertz CT molecular complexity index is 494. The van der Waals surface area contributed by atoms with E-state index in [4.69, 9.17) is 4.74 Å². The van der Waals surface area contributed by atoms with Gasteiger partial charge in [-0.05, 0) is 19.1 Å². The lowest BCUT2D eigenvalue weighted by Gasteiger charge is -2.08. The Morgan fingerprint density at radius 2 is 2.25 bits per heavy atom. The van der Waals surface area contributed by atoms with Gasteiger partial charge in [-0.3, -0.25) is 4.68 Å². The Kier molecular flexibility index (Phi) is 2.76. The lowest BCUT2D eigenvalue weighted by Crippen LogP contribution is -1.97. The lowest BCUT2D eigenvalue weighted by atomic mass is 10.2. The molecule has 2 aromatic rings. The van der Waals surface area contributed by atoms with E-state index < -0.39 is 0 Å². The second-order valence-electron chi connectivity index (χ2n) is 3.57. The summed E-state index contributed by atoms with van der Waals surface area (Å²) in [7, 11) is 1.80. The van der Waals surface area contributed by atoms with Crippen molar-refractivity contribution >= 4 is 0 Å². The second kappa shape index (κ2) is 4.22. The molecule has 0 aliphatic rings. The van der Waals surface area contributed by atoms with E-state index >= 15 is 0 Å². The van der Waals surface area contributed by atoms with Gasteiger partial charge in [-0.1, -0.05) is 11.3 Å². The number of aromatic hydroxyl groups is 1. The SMILES string of the molecule is Cc1c(O)cccc1OCc1cn(C)nn1. The van der Waals surface area contributed by atoms with Crippen LogP contribution in [0.4, 0.5) is 0 Å². The van der Waals surface area contributed by atoms with Crippen LogP contribution in [0.3, 0.4) is 0 Å². The van der Waals surface area contributed by atoms with Gasteiger partial charge in [0.1, 0.15) is 23.8 Å². The van der Waals surface area contributed by atoms with Crippen molar-refractivity contribution in [2.45, 2.75) is 13.5 Å². The van der Waals surface area contributed by atoms with Crippen molar-refractivity contribution in [3.05, 3.63) is 35.7 Å². The maximum atomic E-state index is 9.49. The number of nitrogens with zero attached hydrogens (tertiary/aromatic N) is 3. The van der Waals surface area contributed by atoms with Crippen molar-refractivity contribution in [2.75, 3.05) is 0 Å². The van der Waals surface area contributed by atoms with Crippen LogP contribution in [0.1, 0.15) is 11.3 Å². The number of aryl methyl sites for hydroxylation is 1. The first-order chi connectivity index (χ1) is 7.66. The minimum absolute atomic E-state index is 0.233. The molecule has 0 aliphatic heterocycles. The number of phenolic OH excluding ortho intramolecular Hbond substituents is 1. The van der Waals surface area contributed by atoms with Crippen molar-refractivity contribution in [1.82, 2.24) is 15.0 Å². The van der Waals surface area contributed by atoms with Crippen LogP contribution in [0.2, 0.25) is 0 Å². The molecule has 1 heterocycles. The number of phenols is 1. The quantitative estimate of drug-likeness (QED) is 0.847. The van der Waals surface area contributed by atoms with Crippen LogP contribution in [-0.2, 0) is 13.7 Å². The Hall–Kier alpha value is -2.04. The van der Waals surface area contributed by atoms with Crippen LogP contribution in [0.25, 0.3) is 0 Å². The van der Waals surface area contributed by atoms with Crippen molar-refractivity contribution in [3.8, 4) is 11.5 Å². The van der Waals surface area contributed by atoms with Crippen LogP contribution >= 0.6 is 0 Å². The molecule has 0 saturated carbocycles. The molecule has 1 aromatic heterocycles. The molecule has 0 saturated heterocycles. The van der Waals surface area contributed by atoms with Gasteiger partial charge >= 0.3 is 0 Å². The van der Waals surface area contributed by atoms with E-state index in [1.165, 1.54) is 0 Å². The first kappa shape index (κ1) is 10.5. The first-order valence-corrected chi connectivity index (χ1v) is 4.93. The molecule has 0 aliphatic carbocycles. The van der Waals surface area contributed by atoms with E-state index in [1.807, 2.05) is 6.07 Å². The maximum Gasteiger partial charge on any atom is 0.134 e. The van der Waals surface area contributed by atoms with Gasteiger partial charge in [0.15, 0.2) is 0 Å². The van der Waals surface area contributed by atoms with Crippen LogP contribution < -0.4 is 4.74 Å². The average molecular weight is 219 g/mol. The van der Waals surface area contributed by atoms with E-state index in [1.54, 1.807) is 37.0 Å². The molecule has 0 unspecified atom stereocenters. The largest absolute Gasteiger partial charge is 0.508 e. The molecule has 5 nitrogen and oxygen atoms in total. The molecule has 0 amide bonds.